The Morgan fingerprint density at radius 1 is 1.42 bits per heavy atom. The molecular weight excluding hydrogens is 260 g/mol. The SMILES string of the molecule is CCc1cc(N(CCOC)CCC(N)=S)nc(C)n1. The van der Waals surface area contributed by atoms with E-state index in [0.717, 1.165) is 36.8 Å². The zero-order chi connectivity index (χ0) is 14.3. The van der Waals surface area contributed by atoms with Gasteiger partial charge < -0.3 is 15.4 Å². The second-order valence-corrected chi connectivity index (χ2v) is 4.84. The number of aryl methyl sites for hydroxylation is 2. The summed E-state index contributed by atoms with van der Waals surface area (Å²) in [6.07, 6.45) is 1.56. The summed E-state index contributed by atoms with van der Waals surface area (Å²) in [6.45, 7) is 6.14. The quantitative estimate of drug-likeness (QED) is 0.729. The van der Waals surface area contributed by atoms with Crippen molar-refractivity contribution >= 4 is 23.0 Å². The molecule has 0 aliphatic carbocycles. The van der Waals surface area contributed by atoms with Crippen molar-refractivity contribution in [2.24, 2.45) is 5.73 Å². The van der Waals surface area contributed by atoms with Crippen molar-refractivity contribution in [3.63, 3.8) is 0 Å². The van der Waals surface area contributed by atoms with Gasteiger partial charge in [-0.2, -0.15) is 0 Å². The van der Waals surface area contributed by atoms with Gasteiger partial charge in [0.1, 0.15) is 11.6 Å². The molecule has 0 saturated carbocycles. The number of nitrogens with zero attached hydrogens (tertiary/aromatic N) is 3. The molecule has 5 nitrogen and oxygen atoms in total. The zero-order valence-corrected chi connectivity index (χ0v) is 12.7. The van der Waals surface area contributed by atoms with E-state index in [1.165, 1.54) is 0 Å². The number of nitrogens with two attached hydrogens (primary N) is 1. The van der Waals surface area contributed by atoms with Crippen molar-refractivity contribution < 1.29 is 4.74 Å². The summed E-state index contributed by atoms with van der Waals surface area (Å²) < 4.78 is 5.14. The van der Waals surface area contributed by atoms with Crippen LogP contribution in [0, 0.1) is 6.92 Å². The summed E-state index contributed by atoms with van der Waals surface area (Å²) in [6, 6.07) is 2.02. The van der Waals surface area contributed by atoms with Gasteiger partial charge in [-0.15, -0.1) is 0 Å². The third-order valence-corrected chi connectivity index (χ3v) is 2.96. The second kappa shape index (κ2) is 8.01. The molecule has 0 atom stereocenters. The highest BCUT2D eigenvalue weighted by Gasteiger charge is 2.10. The fourth-order valence-electron chi connectivity index (χ4n) is 1.74. The molecule has 6 heteroatoms. The van der Waals surface area contributed by atoms with E-state index >= 15 is 0 Å². The molecule has 106 valence electrons. The first kappa shape index (κ1) is 15.8. The van der Waals surface area contributed by atoms with E-state index in [1.54, 1.807) is 7.11 Å². The Balaban J connectivity index is 2.88. The van der Waals surface area contributed by atoms with Gasteiger partial charge in [-0.1, -0.05) is 19.1 Å². The Kier molecular flexibility index (Phi) is 6.66. The van der Waals surface area contributed by atoms with E-state index in [4.69, 9.17) is 22.7 Å². The molecule has 1 aromatic heterocycles. The minimum atomic E-state index is 0.518. The Morgan fingerprint density at radius 2 is 2.16 bits per heavy atom. The standard InChI is InChI=1S/C13H22N4OS/c1-4-11-9-13(16-10(2)15-11)17(7-8-18-3)6-5-12(14)19/h9H,4-8H2,1-3H3,(H2,14,19). The second-order valence-electron chi connectivity index (χ2n) is 4.31. The molecule has 0 spiro atoms. The minimum absolute atomic E-state index is 0.518. The molecule has 1 heterocycles. The molecule has 19 heavy (non-hydrogen) atoms. The number of methoxy groups -OCH3 is 1. The number of aromatic nitrogens is 2. The van der Waals surface area contributed by atoms with Crippen LogP contribution in [0.25, 0.3) is 0 Å². The lowest BCUT2D eigenvalue weighted by Crippen LogP contribution is -2.31. The maximum atomic E-state index is 5.57. The molecule has 0 saturated heterocycles. The van der Waals surface area contributed by atoms with Crippen LogP contribution in [0.4, 0.5) is 5.82 Å². The highest BCUT2D eigenvalue weighted by atomic mass is 32.1. The average Bonchev–Trinajstić information content (AvgIpc) is 2.37. The predicted molar refractivity (Wildman–Crippen MR) is 81.6 cm³/mol. The molecule has 0 fully saturated rings. The number of hydrogen-bond acceptors (Lipinski definition) is 5. The summed E-state index contributed by atoms with van der Waals surface area (Å²) >= 11 is 4.94. The summed E-state index contributed by atoms with van der Waals surface area (Å²) in [4.78, 5) is 11.5. The first-order valence-corrected chi connectivity index (χ1v) is 6.84. The maximum Gasteiger partial charge on any atom is 0.132 e. The molecule has 1 aromatic rings. The molecule has 0 unspecified atom stereocenters. The van der Waals surface area contributed by atoms with Crippen LogP contribution < -0.4 is 10.6 Å². The van der Waals surface area contributed by atoms with Crippen LogP contribution in [0.1, 0.15) is 24.9 Å². The van der Waals surface area contributed by atoms with Gasteiger partial charge in [-0.3, -0.25) is 0 Å². The van der Waals surface area contributed by atoms with Gasteiger partial charge in [-0.25, -0.2) is 9.97 Å². The van der Waals surface area contributed by atoms with E-state index in [9.17, 15) is 0 Å². The van der Waals surface area contributed by atoms with Crippen LogP contribution in [0.3, 0.4) is 0 Å². The van der Waals surface area contributed by atoms with Crippen LogP contribution >= 0.6 is 12.2 Å². The summed E-state index contributed by atoms with van der Waals surface area (Å²) in [5.74, 6) is 1.70. The molecule has 0 aliphatic heterocycles. The third-order valence-electron chi connectivity index (χ3n) is 2.76. The van der Waals surface area contributed by atoms with Crippen molar-refractivity contribution in [1.29, 1.82) is 0 Å². The van der Waals surface area contributed by atoms with Gasteiger partial charge in [-0.05, 0) is 13.3 Å². The number of ether oxygens (including phenoxy) is 1. The molecule has 2 N–H and O–H groups in total. The first-order valence-electron chi connectivity index (χ1n) is 6.43. The monoisotopic (exact) mass is 282 g/mol. The van der Waals surface area contributed by atoms with Gasteiger partial charge in [0.15, 0.2) is 0 Å². The van der Waals surface area contributed by atoms with Crippen LogP contribution in [0.2, 0.25) is 0 Å². The molecule has 0 aliphatic rings. The largest absolute Gasteiger partial charge is 0.393 e. The molecule has 0 bridgehead atoms. The maximum absolute atomic E-state index is 5.57. The molecule has 1 rings (SSSR count). The molecule has 0 aromatic carbocycles. The molecular formula is C13H22N4OS. The van der Waals surface area contributed by atoms with Gasteiger partial charge in [0.25, 0.3) is 0 Å². The van der Waals surface area contributed by atoms with E-state index in [-0.39, 0.29) is 0 Å². The van der Waals surface area contributed by atoms with Gasteiger partial charge >= 0.3 is 0 Å². The number of rotatable bonds is 8. The lowest BCUT2D eigenvalue weighted by molar-refractivity contribution is 0.205. The number of hydrogen-bond donors (Lipinski definition) is 1. The molecule has 0 radical (unpaired) electrons. The lowest BCUT2D eigenvalue weighted by Gasteiger charge is -2.23. The Bertz CT molecular complexity index is 425. The van der Waals surface area contributed by atoms with Crippen molar-refractivity contribution in [1.82, 2.24) is 9.97 Å². The third kappa shape index (κ3) is 5.48. The van der Waals surface area contributed by atoms with E-state index in [1.807, 2.05) is 13.0 Å². The fraction of sp³-hybridized carbons (Fsp3) is 0.615. The highest BCUT2D eigenvalue weighted by molar-refractivity contribution is 7.80. The van der Waals surface area contributed by atoms with E-state index in [2.05, 4.69) is 21.8 Å². The van der Waals surface area contributed by atoms with Crippen LogP contribution in [-0.4, -0.2) is 41.8 Å². The smallest absolute Gasteiger partial charge is 0.132 e. The van der Waals surface area contributed by atoms with Gasteiger partial charge in [0.2, 0.25) is 0 Å². The van der Waals surface area contributed by atoms with Crippen molar-refractivity contribution in [3.05, 3.63) is 17.6 Å². The highest BCUT2D eigenvalue weighted by Crippen LogP contribution is 2.13. The van der Waals surface area contributed by atoms with Crippen molar-refractivity contribution in [2.75, 3.05) is 31.7 Å². The Hall–Kier alpha value is -1.27. The van der Waals surface area contributed by atoms with Crippen LogP contribution in [0.15, 0.2) is 6.07 Å². The first-order chi connectivity index (χ1) is 9.06. The Morgan fingerprint density at radius 3 is 2.74 bits per heavy atom. The van der Waals surface area contributed by atoms with E-state index in [0.29, 0.717) is 18.0 Å². The normalized spacial score (nSPS) is 10.5. The molecule has 0 amide bonds. The number of thiocarbonyl (C=S) groups is 1. The van der Waals surface area contributed by atoms with Crippen LogP contribution in [0.5, 0.6) is 0 Å². The van der Waals surface area contributed by atoms with Gasteiger partial charge in [0, 0.05) is 38.4 Å². The topological polar surface area (TPSA) is 64.3 Å². The van der Waals surface area contributed by atoms with Crippen LogP contribution in [-0.2, 0) is 11.2 Å². The summed E-state index contributed by atoms with van der Waals surface area (Å²) in [7, 11) is 1.69. The van der Waals surface area contributed by atoms with Crippen molar-refractivity contribution in [3.8, 4) is 0 Å². The fourth-order valence-corrected chi connectivity index (χ4v) is 1.83. The summed E-state index contributed by atoms with van der Waals surface area (Å²) in [5, 5.41) is 0. The van der Waals surface area contributed by atoms with E-state index < -0.39 is 0 Å². The minimum Gasteiger partial charge on any atom is -0.393 e. The zero-order valence-electron chi connectivity index (χ0n) is 11.8. The Labute approximate surface area is 120 Å². The lowest BCUT2D eigenvalue weighted by atomic mass is 10.3. The average molecular weight is 282 g/mol. The summed E-state index contributed by atoms with van der Waals surface area (Å²) in [5.41, 5.74) is 6.62. The van der Waals surface area contributed by atoms with Gasteiger partial charge in [0.05, 0.1) is 11.6 Å². The van der Waals surface area contributed by atoms with Crippen molar-refractivity contribution in [2.45, 2.75) is 26.7 Å². The number of anilines is 1. The predicted octanol–water partition coefficient (Wildman–Crippen LogP) is 1.48.